The Morgan fingerprint density at radius 1 is 1.29 bits per heavy atom. The first kappa shape index (κ1) is 24.5. The zero-order chi connectivity index (χ0) is 19.8. The van der Waals surface area contributed by atoms with Crippen LogP contribution in [0.15, 0.2) is 29.3 Å². The summed E-state index contributed by atoms with van der Waals surface area (Å²) in [5, 5.41) is 6.80. The van der Waals surface area contributed by atoms with Crippen LogP contribution in [0.2, 0.25) is 0 Å². The Morgan fingerprint density at radius 2 is 1.96 bits per heavy atom. The first-order valence-corrected chi connectivity index (χ1v) is 9.88. The van der Waals surface area contributed by atoms with Gasteiger partial charge in [0.15, 0.2) is 5.96 Å². The molecule has 1 fully saturated rings. The standard InChI is InChI=1S/C21H34N4O2.HI/c1-15(2)20(26)25-11-9-18(10-12-25)24-21(22-5)23-14-17(4)27-19-8-6-7-16(3)13-19;/h6-8,13,15,17-18H,9-12,14H2,1-5H3,(H2,22,23,24);1H. The van der Waals surface area contributed by atoms with E-state index in [0.717, 1.165) is 37.6 Å². The predicted molar refractivity (Wildman–Crippen MR) is 126 cm³/mol. The van der Waals surface area contributed by atoms with Gasteiger partial charge in [-0.3, -0.25) is 9.79 Å². The second-order valence-corrected chi connectivity index (χ2v) is 7.60. The molecule has 158 valence electrons. The van der Waals surface area contributed by atoms with E-state index in [1.165, 1.54) is 5.56 Å². The first-order chi connectivity index (χ1) is 12.9. The minimum atomic E-state index is 0. The fraction of sp³-hybridized carbons (Fsp3) is 0.619. The van der Waals surface area contributed by atoms with Gasteiger partial charge in [0.1, 0.15) is 11.9 Å². The summed E-state index contributed by atoms with van der Waals surface area (Å²) in [4.78, 5) is 18.4. The van der Waals surface area contributed by atoms with Crippen molar-refractivity contribution in [1.29, 1.82) is 0 Å². The summed E-state index contributed by atoms with van der Waals surface area (Å²) < 4.78 is 5.95. The van der Waals surface area contributed by atoms with Crippen LogP contribution in [-0.4, -0.2) is 55.6 Å². The number of aliphatic imine (C=N–C) groups is 1. The molecule has 0 saturated carbocycles. The van der Waals surface area contributed by atoms with Gasteiger partial charge in [-0.05, 0) is 44.4 Å². The molecule has 28 heavy (non-hydrogen) atoms. The molecule has 2 N–H and O–H groups in total. The lowest BCUT2D eigenvalue weighted by atomic mass is 10.0. The molecule has 2 rings (SSSR count). The van der Waals surface area contributed by atoms with Gasteiger partial charge in [-0.2, -0.15) is 0 Å². The van der Waals surface area contributed by atoms with Gasteiger partial charge in [0, 0.05) is 32.1 Å². The van der Waals surface area contributed by atoms with Crippen molar-refractivity contribution in [2.24, 2.45) is 10.9 Å². The minimum Gasteiger partial charge on any atom is -0.489 e. The molecule has 1 heterocycles. The largest absolute Gasteiger partial charge is 0.489 e. The highest BCUT2D eigenvalue weighted by Gasteiger charge is 2.24. The van der Waals surface area contributed by atoms with Gasteiger partial charge in [-0.25, -0.2) is 0 Å². The van der Waals surface area contributed by atoms with Crippen molar-refractivity contribution in [3.8, 4) is 5.75 Å². The van der Waals surface area contributed by atoms with Gasteiger partial charge in [0.05, 0.1) is 6.54 Å². The Labute approximate surface area is 186 Å². The van der Waals surface area contributed by atoms with Gasteiger partial charge in [-0.15, -0.1) is 24.0 Å². The predicted octanol–water partition coefficient (Wildman–Crippen LogP) is 3.19. The van der Waals surface area contributed by atoms with Crippen LogP contribution in [0, 0.1) is 12.8 Å². The van der Waals surface area contributed by atoms with Gasteiger partial charge in [0.2, 0.25) is 5.91 Å². The lowest BCUT2D eigenvalue weighted by Crippen LogP contribution is -2.51. The lowest BCUT2D eigenvalue weighted by Gasteiger charge is -2.34. The van der Waals surface area contributed by atoms with Gasteiger partial charge < -0.3 is 20.3 Å². The molecule has 7 heteroatoms. The zero-order valence-electron chi connectivity index (χ0n) is 17.7. The first-order valence-electron chi connectivity index (χ1n) is 9.88. The van der Waals surface area contributed by atoms with E-state index in [9.17, 15) is 4.79 Å². The van der Waals surface area contributed by atoms with Crippen LogP contribution in [0.5, 0.6) is 5.75 Å². The number of likely N-dealkylation sites (tertiary alicyclic amines) is 1. The number of nitrogens with one attached hydrogen (secondary N) is 2. The Kier molecular flexibility index (Phi) is 10.6. The van der Waals surface area contributed by atoms with Crippen LogP contribution in [0.1, 0.15) is 39.2 Å². The van der Waals surface area contributed by atoms with Crippen molar-refractivity contribution in [3.63, 3.8) is 0 Å². The van der Waals surface area contributed by atoms with E-state index in [2.05, 4.69) is 28.6 Å². The molecule has 1 unspecified atom stereocenters. The molecule has 1 aliphatic heterocycles. The van der Waals surface area contributed by atoms with Crippen molar-refractivity contribution < 1.29 is 9.53 Å². The number of carbonyl (C=O) groups excluding carboxylic acids is 1. The molecule has 0 aromatic heterocycles. The minimum absolute atomic E-state index is 0. The van der Waals surface area contributed by atoms with Crippen LogP contribution in [-0.2, 0) is 4.79 Å². The van der Waals surface area contributed by atoms with E-state index in [1.807, 2.05) is 43.9 Å². The third-order valence-electron chi connectivity index (χ3n) is 4.75. The number of hydrogen-bond acceptors (Lipinski definition) is 3. The number of hydrogen-bond donors (Lipinski definition) is 2. The Balaban J connectivity index is 0.00000392. The summed E-state index contributed by atoms with van der Waals surface area (Å²) in [7, 11) is 1.78. The maximum atomic E-state index is 12.1. The number of nitrogens with zero attached hydrogens (tertiary/aromatic N) is 2. The Morgan fingerprint density at radius 3 is 2.54 bits per heavy atom. The average molecular weight is 502 g/mol. The average Bonchev–Trinajstić information content (AvgIpc) is 2.65. The number of rotatable bonds is 6. The molecule has 0 spiro atoms. The fourth-order valence-electron chi connectivity index (χ4n) is 3.20. The Bertz CT molecular complexity index is 643. The molecular weight excluding hydrogens is 467 g/mol. The number of halogens is 1. The summed E-state index contributed by atoms with van der Waals surface area (Å²) in [5.41, 5.74) is 1.19. The molecule has 1 aliphatic rings. The van der Waals surface area contributed by atoms with Gasteiger partial charge in [0.25, 0.3) is 0 Å². The molecule has 1 atom stereocenters. The highest BCUT2D eigenvalue weighted by Crippen LogP contribution is 2.14. The fourth-order valence-corrected chi connectivity index (χ4v) is 3.20. The summed E-state index contributed by atoms with van der Waals surface area (Å²) in [6.45, 7) is 10.3. The third-order valence-corrected chi connectivity index (χ3v) is 4.75. The van der Waals surface area contributed by atoms with Crippen LogP contribution >= 0.6 is 24.0 Å². The van der Waals surface area contributed by atoms with E-state index in [1.54, 1.807) is 7.05 Å². The molecule has 0 bridgehead atoms. The van der Waals surface area contributed by atoms with Crippen molar-refractivity contribution in [1.82, 2.24) is 15.5 Å². The normalized spacial score (nSPS) is 16.4. The van der Waals surface area contributed by atoms with E-state index < -0.39 is 0 Å². The number of ether oxygens (including phenoxy) is 1. The molecule has 0 aliphatic carbocycles. The van der Waals surface area contributed by atoms with E-state index in [4.69, 9.17) is 4.74 Å². The van der Waals surface area contributed by atoms with Crippen molar-refractivity contribution in [3.05, 3.63) is 29.8 Å². The third kappa shape index (κ3) is 7.85. The molecular formula is C21H35IN4O2. The highest BCUT2D eigenvalue weighted by atomic mass is 127. The summed E-state index contributed by atoms with van der Waals surface area (Å²) in [6, 6.07) is 8.41. The quantitative estimate of drug-likeness (QED) is 0.357. The van der Waals surface area contributed by atoms with Crippen LogP contribution in [0.3, 0.4) is 0 Å². The van der Waals surface area contributed by atoms with Gasteiger partial charge in [-0.1, -0.05) is 26.0 Å². The number of guanidine groups is 1. The van der Waals surface area contributed by atoms with Crippen LogP contribution < -0.4 is 15.4 Å². The maximum Gasteiger partial charge on any atom is 0.225 e. The molecule has 1 amide bonds. The molecule has 0 radical (unpaired) electrons. The number of amides is 1. The van der Waals surface area contributed by atoms with Crippen molar-refractivity contribution in [2.45, 2.75) is 52.7 Å². The molecule has 1 aromatic rings. The second-order valence-electron chi connectivity index (χ2n) is 7.60. The summed E-state index contributed by atoms with van der Waals surface area (Å²) >= 11 is 0. The number of carbonyl (C=O) groups is 1. The van der Waals surface area contributed by atoms with Crippen LogP contribution in [0.25, 0.3) is 0 Å². The second kappa shape index (κ2) is 12.1. The molecule has 1 saturated heterocycles. The van der Waals surface area contributed by atoms with E-state index in [-0.39, 0.29) is 41.9 Å². The highest BCUT2D eigenvalue weighted by molar-refractivity contribution is 14.0. The van der Waals surface area contributed by atoms with Crippen LogP contribution in [0.4, 0.5) is 0 Å². The maximum absolute atomic E-state index is 12.1. The molecule has 6 nitrogen and oxygen atoms in total. The summed E-state index contributed by atoms with van der Waals surface area (Å²) in [5.74, 6) is 1.98. The number of benzene rings is 1. The van der Waals surface area contributed by atoms with E-state index >= 15 is 0 Å². The van der Waals surface area contributed by atoms with Crippen molar-refractivity contribution in [2.75, 3.05) is 26.7 Å². The number of piperidine rings is 1. The SMILES string of the molecule is CN=C(NCC(C)Oc1cccc(C)c1)NC1CCN(C(=O)C(C)C)CC1.I. The monoisotopic (exact) mass is 502 g/mol. The lowest BCUT2D eigenvalue weighted by molar-refractivity contribution is -0.135. The molecule has 1 aromatic carbocycles. The zero-order valence-corrected chi connectivity index (χ0v) is 20.0. The summed E-state index contributed by atoms with van der Waals surface area (Å²) in [6.07, 6.45) is 1.90. The van der Waals surface area contributed by atoms with E-state index in [0.29, 0.717) is 12.6 Å². The topological polar surface area (TPSA) is 66.0 Å². The number of aryl methyl sites for hydroxylation is 1. The Hall–Kier alpha value is -1.51. The smallest absolute Gasteiger partial charge is 0.225 e. The van der Waals surface area contributed by atoms with Gasteiger partial charge >= 0.3 is 0 Å². The van der Waals surface area contributed by atoms with Crippen molar-refractivity contribution >= 4 is 35.8 Å².